The van der Waals surface area contributed by atoms with Crippen molar-refractivity contribution in [2.45, 2.75) is 25.7 Å². The summed E-state index contributed by atoms with van der Waals surface area (Å²) < 4.78 is 5.23. The molecule has 0 aliphatic carbocycles. The van der Waals surface area contributed by atoms with Crippen molar-refractivity contribution in [3.63, 3.8) is 0 Å². The predicted molar refractivity (Wildman–Crippen MR) is 105 cm³/mol. The number of rotatable bonds is 4. The molecule has 0 spiro atoms. The molecule has 0 radical (unpaired) electrons. The van der Waals surface area contributed by atoms with E-state index in [1.54, 1.807) is 19.5 Å². The smallest absolute Gasteiger partial charge is 0.253 e. The first-order valence-corrected chi connectivity index (χ1v) is 9.41. The van der Waals surface area contributed by atoms with Gasteiger partial charge in [0.05, 0.1) is 13.3 Å². The number of pyridine rings is 1. The van der Waals surface area contributed by atoms with Crippen molar-refractivity contribution in [3.8, 4) is 16.9 Å². The number of aromatic nitrogens is 4. The fourth-order valence-corrected chi connectivity index (χ4v) is 3.56. The summed E-state index contributed by atoms with van der Waals surface area (Å²) in [5.41, 5.74) is 2.66. The topological polar surface area (TPSA) is 84.0 Å². The van der Waals surface area contributed by atoms with Gasteiger partial charge >= 0.3 is 0 Å². The summed E-state index contributed by atoms with van der Waals surface area (Å²) in [7, 11) is 1.62. The minimum atomic E-state index is 0.0694. The van der Waals surface area contributed by atoms with Gasteiger partial charge in [0.15, 0.2) is 5.82 Å². The first kappa shape index (κ1) is 18.2. The number of carbonyl (C=O) groups is 1. The number of amides is 1. The summed E-state index contributed by atoms with van der Waals surface area (Å²) in [6, 6.07) is 9.59. The Morgan fingerprint density at radius 1 is 1.14 bits per heavy atom. The Labute approximate surface area is 163 Å². The number of aryl methyl sites for hydroxylation is 1. The molecule has 1 N–H and O–H groups in total. The monoisotopic (exact) mass is 377 g/mol. The lowest BCUT2D eigenvalue weighted by Gasteiger charge is -2.30. The summed E-state index contributed by atoms with van der Waals surface area (Å²) in [6.07, 6.45) is 5.23. The lowest BCUT2D eigenvalue weighted by atomic mass is 9.95. The van der Waals surface area contributed by atoms with E-state index in [1.165, 1.54) is 0 Å². The van der Waals surface area contributed by atoms with Crippen molar-refractivity contribution in [3.05, 3.63) is 59.9 Å². The van der Waals surface area contributed by atoms with E-state index in [1.807, 2.05) is 42.2 Å². The van der Waals surface area contributed by atoms with Crippen LogP contribution >= 0.6 is 0 Å². The second-order valence-electron chi connectivity index (χ2n) is 7.04. The molecule has 1 saturated heterocycles. The molecule has 0 saturated carbocycles. The van der Waals surface area contributed by atoms with Crippen LogP contribution in [0.25, 0.3) is 11.1 Å². The van der Waals surface area contributed by atoms with Gasteiger partial charge in [0, 0.05) is 36.3 Å². The Balaban J connectivity index is 1.41. The Morgan fingerprint density at radius 3 is 2.54 bits per heavy atom. The van der Waals surface area contributed by atoms with Crippen molar-refractivity contribution >= 4 is 5.91 Å². The van der Waals surface area contributed by atoms with Crippen LogP contribution in [0.4, 0.5) is 0 Å². The molecule has 7 nitrogen and oxygen atoms in total. The molecule has 1 aliphatic heterocycles. The van der Waals surface area contributed by atoms with Crippen LogP contribution in [0.3, 0.4) is 0 Å². The van der Waals surface area contributed by atoms with Crippen LogP contribution in [0.5, 0.6) is 5.75 Å². The van der Waals surface area contributed by atoms with E-state index in [2.05, 4.69) is 20.2 Å². The zero-order valence-electron chi connectivity index (χ0n) is 16.1. The van der Waals surface area contributed by atoms with Crippen molar-refractivity contribution in [1.82, 2.24) is 25.1 Å². The quantitative estimate of drug-likeness (QED) is 0.755. The molecular formula is C21H23N5O2. The highest BCUT2D eigenvalue weighted by atomic mass is 16.5. The minimum Gasteiger partial charge on any atom is -0.495 e. The molecule has 28 heavy (non-hydrogen) atoms. The molecule has 4 rings (SSSR count). The number of likely N-dealkylation sites (tertiary alicyclic amines) is 1. The van der Waals surface area contributed by atoms with Gasteiger partial charge in [-0.25, -0.2) is 4.98 Å². The van der Waals surface area contributed by atoms with Crippen LogP contribution in [0.1, 0.15) is 40.8 Å². The van der Waals surface area contributed by atoms with Crippen molar-refractivity contribution in [2.75, 3.05) is 20.2 Å². The van der Waals surface area contributed by atoms with Gasteiger partial charge in [0.1, 0.15) is 11.6 Å². The van der Waals surface area contributed by atoms with Gasteiger partial charge in [-0.2, -0.15) is 5.10 Å². The number of nitrogens with one attached hydrogen (secondary N) is 1. The Bertz CT molecular complexity index is 959. The van der Waals surface area contributed by atoms with Gasteiger partial charge in [0.2, 0.25) is 0 Å². The molecule has 0 bridgehead atoms. The number of methoxy groups -OCH3 is 1. The normalized spacial score (nSPS) is 14.9. The predicted octanol–water partition coefficient (Wildman–Crippen LogP) is 3.20. The van der Waals surface area contributed by atoms with Gasteiger partial charge in [-0.1, -0.05) is 12.1 Å². The van der Waals surface area contributed by atoms with Crippen LogP contribution in [0.15, 0.2) is 42.7 Å². The van der Waals surface area contributed by atoms with Crippen LogP contribution in [-0.4, -0.2) is 51.2 Å². The summed E-state index contributed by atoms with van der Waals surface area (Å²) in [5.74, 6) is 2.79. The number of nitrogens with zero attached hydrogens (tertiary/aromatic N) is 4. The Morgan fingerprint density at radius 2 is 1.89 bits per heavy atom. The van der Waals surface area contributed by atoms with Crippen LogP contribution in [0, 0.1) is 6.92 Å². The van der Waals surface area contributed by atoms with Crippen LogP contribution in [0.2, 0.25) is 0 Å². The maximum absolute atomic E-state index is 12.9. The number of aromatic amines is 1. The van der Waals surface area contributed by atoms with Crippen LogP contribution < -0.4 is 4.74 Å². The first-order valence-electron chi connectivity index (χ1n) is 9.41. The molecular weight excluding hydrogens is 354 g/mol. The highest BCUT2D eigenvalue weighted by Gasteiger charge is 2.26. The highest BCUT2D eigenvalue weighted by Crippen LogP contribution is 2.27. The number of benzene rings is 1. The Hall–Kier alpha value is -3.22. The average molecular weight is 377 g/mol. The molecule has 3 aromatic rings. The minimum absolute atomic E-state index is 0.0694. The van der Waals surface area contributed by atoms with E-state index in [-0.39, 0.29) is 5.91 Å². The first-order chi connectivity index (χ1) is 13.6. The number of hydrogen-bond acceptors (Lipinski definition) is 5. The fourth-order valence-electron chi connectivity index (χ4n) is 3.56. The zero-order chi connectivity index (χ0) is 19.5. The lowest BCUT2D eigenvalue weighted by molar-refractivity contribution is 0.0711. The Kier molecular flexibility index (Phi) is 5.06. The molecule has 0 unspecified atom stereocenters. The molecule has 1 aromatic carbocycles. The number of hydrogen-bond donors (Lipinski definition) is 1. The molecule has 2 aromatic heterocycles. The molecule has 1 aliphatic rings. The summed E-state index contributed by atoms with van der Waals surface area (Å²) in [5, 5.41) is 7.16. The van der Waals surface area contributed by atoms with Gasteiger partial charge < -0.3 is 9.64 Å². The van der Waals surface area contributed by atoms with Crippen molar-refractivity contribution < 1.29 is 9.53 Å². The van der Waals surface area contributed by atoms with Crippen molar-refractivity contribution in [2.24, 2.45) is 0 Å². The number of piperidine rings is 1. The number of H-pyrrole nitrogens is 1. The van der Waals surface area contributed by atoms with Crippen molar-refractivity contribution in [1.29, 1.82) is 0 Å². The summed E-state index contributed by atoms with van der Waals surface area (Å²) in [4.78, 5) is 23.4. The third kappa shape index (κ3) is 3.74. The van der Waals surface area contributed by atoms with E-state index in [9.17, 15) is 4.79 Å². The zero-order valence-corrected chi connectivity index (χ0v) is 16.1. The van der Waals surface area contributed by atoms with E-state index < -0.39 is 0 Å². The van der Waals surface area contributed by atoms with Gasteiger partial charge in [0.25, 0.3) is 5.91 Å². The largest absolute Gasteiger partial charge is 0.495 e. The number of ether oxygens (including phenoxy) is 1. The molecule has 0 atom stereocenters. The fraction of sp³-hybridized carbons (Fsp3) is 0.333. The third-order valence-corrected chi connectivity index (χ3v) is 5.18. The maximum atomic E-state index is 12.9. The lowest BCUT2D eigenvalue weighted by Crippen LogP contribution is -2.38. The van der Waals surface area contributed by atoms with E-state index in [0.29, 0.717) is 17.2 Å². The molecule has 1 amide bonds. The van der Waals surface area contributed by atoms with Gasteiger partial charge in [-0.05, 0) is 43.5 Å². The van der Waals surface area contributed by atoms with E-state index in [0.717, 1.165) is 48.7 Å². The molecule has 7 heteroatoms. The molecule has 1 fully saturated rings. The van der Waals surface area contributed by atoms with E-state index in [4.69, 9.17) is 4.74 Å². The average Bonchev–Trinajstić information content (AvgIpc) is 3.20. The summed E-state index contributed by atoms with van der Waals surface area (Å²) in [6.45, 7) is 3.34. The van der Waals surface area contributed by atoms with Crippen LogP contribution in [-0.2, 0) is 0 Å². The maximum Gasteiger partial charge on any atom is 0.253 e. The van der Waals surface area contributed by atoms with Gasteiger partial charge in [-0.15, -0.1) is 0 Å². The second kappa shape index (κ2) is 7.80. The SMILES string of the molecule is COc1cncc(-c2ccc(C(=O)N3CCC(c4n[nH]c(C)n4)CC3)cc2)c1. The summed E-state index contributed by atoms with van der Waals surface area (Å²) >= 11 is 0. The highest BCUT2D eigenvalue weighted by molar-refractivity contribution is 5.94. The second-order valence-corrected chi connectivity index (χ2v) is 7.04. The molecule has 144 valence electrons. The third-order valence-electron chi connectivity index (χ3n) is 5.18. The van der Waals surface area contributed by atoms with E-state index >= 15 is 0 Å². The van der Waals surface area contributed by atoms with Gasteiger partial charge in [-0.3, -0.25) is 14.9 Å². The standard InChI is InChI=1S/C21H23N5O2/c1-14-23-20(25-24-14)16-7-9-26(10-8-16)21(27)17-5-3-15(4-6-17)18-11-19(28-2)13-22-12-18/h3-6,11-13,16H,7-10H2,1-2H3,(H,23,24,25). The molecule has 3 heterocycles. The number of carbonyl (C=O) groups excluding carboxylic acids is 1.